The van der Waals surface area contributed by atoms with Crippen molar-refractivity contribution in [2.24, 2.45) is 17.1 Å². The molecule has 26 heavy (non-hydrogen) atoms. The molecule has 2 N–H and O–H groups in total. The van der Waals surface area contributed by atoms with Gasteiger partial charge in [-0.3, -0.25) is 4.79 Å². The Balaban J connectivity index is 1.75. The summed E-state index contributed by atoms with van der Waals surface area (Å²) in [5.41, 5.74) is 7.38. The van der Waals surface area contributed by atoms with Crippen LogP contribution < -0.4 is 5.73 Å². The first kappa shape index (κ1) is 17.5. The van der Waals surface area contributed by atoms with E-state index in [0.717, 1.165) is 44.1 Å². The number of carbonyl (C=O) groups is 2. The van der Waals surface area contributed by atoms with E-state index in [9.17, 15) is 9.59 Å². The predicted octanol–water partition coefficient (Wildman–Crippen LogP) is 2.80. The molecule has 1 spiro atoms. The average molecular weight is 356 g/mol. The highest BCUT2D eigenvalue weighted by Gasteiger charge is 2.68. The van der Waals surface area contributed by atoms with Gasteiger partial charge in [-0.15, -0.1) is 0 Å². The molecule has 0 unspecified atom stereocenters. The number of esters is 1. The van der Waals surface area contributed by atoms with Gasteiger partial charge in [-0.1, -0.05) is 49.6 Å². The summed E-state index contributed by atoms with van der Waals surface area (Å²) >= 11 is 0. The topological polar surface area (TPSA) is 72.6 Å². The fourth-order valence-electron chi connectivity index (χ4n) is 5.16. The van der Waals surface area contributed by atoms with E-state index in [0.29, 0.717) is 0 Å². The molecule has 1 aromatic carbocycles. The van der Waals surface area contributed by atoms with Gasteiger partial charge in [0, 0.05) is 17.4 Å². The maximum atomic E-state index is 13.5. The Bertz CT molecular complexity index is 680. The number of nitrogens with two attached hydrogens (primary N) is 1. The van der Waals surface area contributed by atoms with Crippen molar-refractivity contribution in [3.8, 4) is 0 Å². The summed E-state index contributed by atoms with van der Waals surface area (Å²) in [6.07, 6.45) is 6.94. The Morgan fingerprint density at radius 2 is 1.77 bits per heavy atom. The molecular formula is C21H28N2O3. The van der Waals surface area contributed by atoms with E-state index < -0.39 is 6.04 Å². The first-order valence-corrected chi connectivity index (χ1v) is 9.80. The number of hydrogen-bond acceptors (Lipinski definition) is 4. The second kappa shape index (κ2) is 6.69. The minimum Gasteiger partial charge on any atom is -0.467 e. The van der Waals surface area contributed by atoms with Crippen LogP contribution in [0.15, 0.2) is 30.3 Å². The smallest absolute Gasteiger partial charge is 0.329 e. The molecule has 1 heterocycles. The molecule has 1 aromatic rings. The van der Waals surface area contributed by atoms with Crippen LogP contribution in [0.2, 0.25) is 0 Å². The van der Waals surface area contributed by atoms with E-state index in [4.69, 9.17) is 10.5 Å². The molecule has 2 aliphatic carbocycles. The second-order valence-electron chi connectivity index (χ2n) is 8.12. The van der Waals surface area contributed by atoms with Gasteiger partial charge >= 0.3 is 5.97 Å². The summed E-state index contributed by atoms with van der Waals surface area (Å²) in [6, 6.07) is 8.89. The summed E-state index contributed by atoms with van der Waals surface area (Å²) in [6.45, 7) is 0. The van der Waals surface area contributed by atoms with Crippen molar-refractivity contribution in [1.29, 1.82) is 0 Å². The van der Waals surface area contributed by atoms with Crippen LogP contribution in [0.25, 0.3) is 0 Å². The van der Waals surface area contributed by atoms with Crippen LogP contribution in [0.5, 0.6) is 0 Å². The lowest BCUT2D eigenvalue weighted by Crippen LogP contribution is -2.48. The van der Waals surface area contributed by atoms with Gasteiger partial charge in [0.1, 0.15) is 6.04 Å². The van der Waals surface area contributed by atoms with Crippen LogP contribution in [-0.2, 0) is 14.3 Å². The minimum atomic E-state index is -0.554. The summed E-state index contributed by atoms with van der Waals surface area (Å²) < 4.78 is 5.12. The molecule has 5 nitrogen and oxygen atoms in total. The first-order chi connectivity index (χ1) is 12.6. The molecular weight excluding hydrogens is 328 g/mol. The Kier molecular flexibility index (Phi) is 4.51. The Hall–Kier alpha value is -1.88. The molecule has 3 fully saturated rings. The van der Waals surface area contributed by atoms with Crippen molar-refractivity contribution in [2.45, 2.75) is 63.1 Å². The van der Waals surface area contributed by atoms with Gasteiger partial charge in [0.2, 0.25) is 5.91 Å². The first-order valence-electron chi connectivity index (χ1n) is 9.80. The van der Waals surface area contributed by atoms with Gasteiger partial charge in [0.25, 0.3) is 0 Å². The molecule has 0 radical (unpaired) electrons. The predicted molar refractivity (Wildman–Crippen MR) is 98.1 cm³/mol. The van der Waals surface area contributed by atoms with E-state index in [1.807, 2.05) is 35.2 Å². The van der Waals surface area contributed by atoms with Crippen molar-refractivity contribution in [1.82, 2.24) is 4.90 Å². The lowest BCUT2D eigenvalue weighted by molar-refractivity contribution is -0.156. The number of hydrogen-bond donors (Lipinski definition) is 1. The molecule has 4 rings (SSSR count). The normalized spacial score (nSPS) is 30.4. The Labute approximate surface area is 154 Å². The molecule has 140 valence electrons. The van der Waals surface area contributed by atoms with Crippen LogP contribution in [0.4, 0.5) is 0 Å². The van der Waals surface area contributed by atoms with Crippen LogP contribution >= 0.6 is 0 Å². The van der Waals surface area contributed by atoms with Crippen LogP contribution in [0, 0.1) is 11.3 Å². The molecule has 1 aliphatic heterocycles. The number of amides is 1. The lowest BCUT2D eigenvalue weighted by Gasteiger charge is -2.34. The summed E-state index contributed by atoms with van der Waals surface area (Å²) in [7, 11) is 1.41. The molecule has 2 saturated carbocycles. The van der Waals surface area contributed by atoms with Crippen molar-refractivity contribution in [3.63, 3.8) is 0 Å². The highest BCUT2D eigenvalue weighted by molar-refractivity contribution is 5.88. The molecule has 0 bridgehead atoms. The average Bonchev–Trinajstić information content (AvgIpc) is 3.44. The van der Waals surface area contributed by atoms with Gasteiger partial charge in [0.05, 0.1) is 13.2 Å². The van der Waals surface area contributed by atoms with Crippen LogP contribution in [0.3, 0.4) is 0 Å². The SMILES string of the molecule is COC(=O)[C@@H]1N(C(=O)C2CCCCC2)[C@H](c2ccccc2)[C@H](N)C12CC2. The number of benzene rings is 1. The number of likely N-dealkylation sites (tertiary alicyclic amines) is 1. The third-order valence-electron chi connectivity index (χ3n) is 6.73. The zero-order valence-corrected chi connectivity index (χ0v) is 15.4. The van der Waals surface area contributed by atoms with E-state index in [-0.39, 0.29) is 35.3 Å². The number of ether oxygens (including phenoxy) is 1. The largest absolute Gasteiger partial charge is 0.467 e. The zero-order valence-electron chi connectivity index (χ0n) is 15.4. The molecule has 3 atom stereocenters. The molecule has 1 amide bonds. The summed E-state index contributed by atoms with van der Waals surface area (Å²) in [5.74, 6) is -0.225. The third-order valence-corrected chi connectivity index (χ3v) is 6.73. The quantitative estimate of drug-likeness (QED) is 0.845. The van der Waals surface area contributed by atoms with Crippen molar-refractivity contribution >= 4 is 11.9 Å². The third kappa shape index (κ3) is 2.64. The molecule has 1 saturated heterocycles. The number of carbonyl (C=O) groups excluding carboxylic acids is 2. The second-order valence-corrected chi connectivity index (χ2v) is 8.12. The van der Waals surface area contributed by atoms with Crippen LogP contribution in [0.1, 0.15) is 56.6 Å². The van der Waals surface area contributed by atoms with Crippen molar-refractivity contribution in [3.05, 3.63) is 35.9 Å². The highest BCUT2D eigenvalue weighted by atomic mass is 16.5. The lowest BCUT2D eigenvalue weighted by atomic mass is 9.87. The van der Waals surface area contributed by atoms with E-state index in [2.05, 4.69) is 0 Å². The van der Waals surface area contributed by atoms with E-state index in [1.165, 1.54) is 13.5 Å². The monoisotopic (exact) mass is 356 g/mol. The summed E-state index contributed by atoms with van der Waals surface area (Å²) in [5, 5.41) is 0. The van der Waals surface area contributed by atoms with Crippen LogP contribution in [-0.4, -0.2) is 36.0 Å². The summed E-state index contributed by atoms with van der Waals surface area (Å²) in [4.78, 5) is 28.1. The standard InChI is InChI=1S/C21H28N2O3/c1-26-20(25)18-21(12-13-21)17(22)16(14-8-4-2-5-9-14)23(18)19(24)15-10-6-3-7-11-15/h2,4-5,8-9,15-18H,3,6-7,10-13,22H2,1H3/t16-,17+,18+/m1/s1. The fraction of sp³-hybridized carbons (Fsp3) is 0.619. The van der Waals surface area contributed by atoms with Gasteiger partial charge in [-0.2, -0.15) is 0 Å². The number of rotatable bonds is 3. The zero-order chi connectivity index (χ0) is 18.3. The highest BCUT2D eigenvalue weighted by Crippen LogP contribution is 2.62. The van der Waals surface area contributed by atoms with E-state index in [1.54, 1.807) is 0 Å². The number of methoxy groups -OCH3 is 1. The van der Waals surface area contributed by atoms with Gasteiger partial charge in [-0.25, -0.2) is 4.79 Å². The molecule has 5 heteroatoms. The Morgan fingerprint density at radius 1 is 1.12 bits per heavy atom. The fourth-order valence-corrected chi connectivity index (χ4v) is 5.16. The van der Waals surface area contributed by atoms with Gasteiger partial charge in [-0.05, 0) is 31.2 Å². The minimum absolute atomic E-state index is 0.00298. The van der Waals surface area contributed by atoms with E-state index >= 15 is 0 Å². The maximum Gasteiger partial charge on any atom is 0.329 e. The van der Waals surface area contributed by atoms with Gasteiger partial charge in [0.15, 0.2) is 0 Å². The molecule has 0 aromatic heterocycles. The van der Waals surface area contributed by atoms with Crippen molar-refractivity contribution < 1.29 is 14.3 Å². The Morgan fingerprint density at radius 3 is 2.35 bits per heavy atom. The maximum absolute atomic E-state index is 13.5. The molecule has 3 aliphatic rings. The number of nitrogens with zero attached hydrogens (tertiary/aromatic N) is 1. The van der Waals surface area contributed by atoms with Crippen molar-refractivity contribution in [2.75, 3.05) is 7.11 Å². The van der Waals surface area contributed by atoms with Gasteiger partial charge < -0.3 is 15.4 Å².